The molecular weight excluding hydrogens is 383 g/mol. The third-order valence-electron chi connectivity index (χ3n) is 6.06. The second-order valence-electron chi connectivity index (χ2n) is 8.13. The van der Waals surface area contributed by atoms with Crippen LogP contribution in [0.2, 0.25) is 0 Å². The molecule has 4 heterocycles. The van der Waals surface area contributed by atoms with Crippen LogP contribution in [0.25, 0.3) is 39.1 Å². The Bertz CT molecular complexity index is 1490. The number of pyridine rings is 1. The van der Waals surface area contributed by atoms with Gasteiger partial charge in [-0.3, -0.25) is 9.20 Å². The maximum absolute atomic E-state index is 14.7. The molecule has 8 heteroatoms. The van der Waals surface area contributed by atoms with Crippen molar-refractivity contribution in [3.63, 3.8) is 0 Å². The van der Waals surface area contributed by atoms with Crippen molar-refractivity contribution in [2.45, 2.75) is 26.3 Å². The van der Waals surface area contributed by atoms with E-state index in [1.54, 1.807) is 10.6 Å². The average Bonchev–Trinajstić information content (AvgIpc) is 3.24. The highest BCUT2D eigenvalue weighted by Crippen LogP contribution is 2.37. The summed E-state index contributed by atoms with van der Waals surface area (Å²) < 4.78 is 20.7. The highest BCUT2D eigenvalue weighted by Gasteiger charge is 2.27. The van der Waals surface area contributed by atoms with Crippen molar-refractivity contribution in [2.75, 3.05) is 0 Å². The lowest BCUT2D eigenvalue weighted by atomic mass is 10.2. The Morgan fingerprint density at radius 3 is 2.80 bits per heavy atom. The van der Waals surface area contributed by atoms with Crippen LogP contribution in [0.3, 0.4) is 0 Å². The van der Waals surface area contributed by atoms with Crippen molar-refractivity contribution < 1.29 is 9.18 Å². The first kappa shape index (κ1) is 17.3. The number of carbonyl (C=O) groups is 1. The van der Waals surface area contributed by atoms with E-state index in [9.17, 15) is 9.18 Å². The van der Waals surface area contributed by atoms with Crippen LogP contribution in [0.1, 0.15) is 29.0 Å². The van der Waals surface area contributed by atoms with Gasteiger partial charge in [0.15, 0.2) is 11.5 Å². The number of rotatable bonds is 4. The number of halogens is 1. The molecule has 0 amide bonds. The Morgan fingerprint density at radius 1 is 1.20 bits per heavy atom. The number of hydrogen-bond acceptors (Lipinski definition) is 4. The van der Waals surface area contributed by atoms with E-state index in [0.29, 0.717) is 29.1 Å². The molecule has 0 saturated heterocycles. The van der Waals surface area contributed by atoms with Crippen LogP contribution in [0.4, 0.5) is 4.39 Å². The third kappa shape index (κ3) is 2.36. The fourth-order valence-corrected chi connectivity index (χ4v) is 4.36. The topological polar surface area (TPSA) is 70.0 Å². The van der Waals surface area contributed by atoms with Crippen molar-refractivity contribution in [3.05, 3.63) is 47.7 Å². The zero-order chi connectivity index (χ0) is 20.6. The summed E-state index contributed by atoms with van der Waals surface area (Å²) in [6.07, 6.45) is 5.02. The molecule has 4 aromatic heterocycles. The molecule has 0 spiro atoms. The number of aryl methyl sites for hydroxylation is 2. The summed E-state index contributed by atoms with van der Waals surface area (Å²) in [5.41, 5.74) is 3.88. The lowest BCUT2D eigenvalue weighted by Gasteiger charge is -2.11. The summed E-state index contributed by atoms with van der Waals surface area (Å²) in [7, 11) is 1.81. The summed E-state index contributed by atoms with van der Waals surface area (Å²) in [5.74, 6) is 1.67. The number of fused-ring (bicyclic) bond motifs is 4. The number of aromatic nitrogens is 6. The number of carbonyl (C=O) groups excluding carboxylic acids is 1. The molecule has 1 aliphatic carbocycles. The van der Waals surface area contributed by atoms with Gasteiger partial charge in [-0.1, -0.05) is 0 Å². The standard InChI is InChI=1S/C22H19FN6O/c1-12-25-26-22-19-15(5-6-28(12)22)9-18(29(19)10-13-3-4-13)21-24-17-8-14(11-30)7-16(23)20(17)27(21)2/h5-9,11,13H,3-4,10H2,1-2H3. The van der Waals surface area contributed by atoms with Gasteiger partial charge in [0.1, 0.15) is 23.4 Å². The number of benzene rings is 1. The summed E-state index contributed by atoms with van der Waals surface area (Å²) >= 11 is 0. The molecule has 7 nitrogen and oxygen atoms in total. The molecule has 0 N–H and O–H groups in total. The number of nitrogens with zero attached hydrogens (tertiary/aromatic N) is 6. The monoisotopic (exact) mass is 402 g/mol. The number of hydrogen-bond donors (Lipinski definition) is 0. The summed E-state index contributed by atoms with van der Waals surface area (Å²) in [5, 5.41) is 9.70. The van der Waals surface area contributed by atoms with Gasteiger partial charge in [-0.2, -0.15) is 0 Å². The fourth-order valence-electron chi connectivity index (χ4n) is 4.36. The van der Waals surface area contributed by atoms with E-state index < -0.39 is 5.82 Å². The smallest absolute Gasteiger partial charge is 0.185 e. The van der Waals surface area contributed by atoms with E-state index >= 15 is 0 Å². The van der Waals surface area contributed by atoms with Crippen molar-refractivity contribution in [1.29, 1.82) is 0 Å². The van der Waals surface area contributed by atoms with Gasteiger partial charge in [-0.15, -0.1) is 10.2 Å². The van der Waals surface area contributed by atoms with Crippen LogP contribution >= 0.6 is 0 Å². The van der Waals surface area contributed by atoms with Crippen molar-refractivity contribution in [3.8, 4) is 11.5 Å². The van der Waals surface area contributed by atoms with Gasteiger partial charge < -0.3 is 9.13 Å². The van der Waals surface area contributed by atoms with Crippen LogP contribution < -0.4 is 0 Å². The van der Waals surface area contributed by atoms with E-state index in [-0.39, 0.29) is 5.56 Å². The highest BCUT2D eigenvalue weighted by molar-refractivity contribution is 5.96. The van der Waals surface area contributed by atoms with E-state index in [0.717, 1.165) is 34.6 Å². The molecule has 0 aliphatic heterocycles. The molecule has 1 aliphatic rings. The minimum atomic E-state index is -0.448. The second kappa shape index (κ2) is 5.98. The zero-order valence-electron chi connectivity index (χ0n) is 16.6. The molecule has 1 fully saturated rings. The normalized spacial score (nSPS) is 14.4. The van der Waals surface area contributed by atoms with Crippen LogP contribution in [0.15, 0.2) is 30.5 Å². The second-order valence-corrected chi connectivity index (χ2v) is 8.13. The minimum Gasteiger partial charge on any atom is -0.335 e. The predicted molar refractivity (Wildman–Crippen MR) is 111 cm³/mol. The zero-order valence-corrected chi connectivity index (χ0v) is 16.6. The van der Waals surface area contributed by atoms with E-state index in [1.165, 1.54) is 18.9 Å². The molecule has 150 valence electrons. The first-order valence-electron chi connectivity index (χ1n) is 10.00. The van der Waals surface area contributed by atoms with Crippen LogP contribution in [-0.4, -0.2) is 35.0 Å². The Morgan fingerprint density at radius 2 is 2.03 bits per heavy atom. The van der Waals surface area contributed by atoms with Crippen molar-refractivity contribution in [2.24, 2.45) is 13.0 Å². The van der Waals surface area contributed by atoms with Gasteiger partial charge in [-0.05, 0) is 49.9 Å². The van der Waals surface area contributed by atoms with E-state index in [1.807, 2.05) is 24.6 Å². The molecule has 0 radical (unpaired) electrons. The Balaban J connectivity index is 1.68. The molecule has 0 unspecified atom stereocenters. The van der Waals surface area contributed by atoms with Crippen molar-refractivity contribution in [1.82, 2.24) is 28.7 Å². The molecule has 1 saturated carbocycles. The molecule has 0 atom stereocenters. The maximum atomic E-state index is 14.7. The van der Waals surface area contributed by atoms with Gasteiger partial charge in [-0.25, -0.2) is 9.37 Å². The van der Waals surface area contributed by atoms with E-state index in [4.69, 9.17) is 4.98 Å². The van der Waals surface area contributed by atoms with Crippen LogP contribution in [0, 0.1) is 18.7 Å². The maximum Gasteiger partial charge on any atom is 0.185 e. The van der Waals surface area contributed by atoms with Gasteiger partial charge in [0.25, 0.3) is 0 Å². The molecular formula is C22H19FN6O. The molecule has 0 bridgehead atoms. The SMILES string of the molecule is Cc1nnc2c3c(ccn12)cc(-c1nc2cc(C=O)cc(F)c2n1C)n3CC1CC1. The van der Waals surface area contributed by atoms with Crippen LogP contribution in [0.5, 0.6) is 0 Å². The predicted octanol–water partition coefficient (Wildman–Crippen LogP) is 3.91. The largest absolute Gasteiger partial charge is 0.335 e. The lowest BCUT2D eigenvalue weighted by molar-refractivity contribution is 0.112. The summed E-state index contributed by atoms with van der Waals surface area (Å²) in [4.78, 5) is 15.9. The lowest BCUT2D eigenvalue weighted by Crippen LogP contribution is -2.05. The number of imidazole rings is 1. The number of aldehydes is 1. The van der Waals surface area contributed by atoms with E-state index in [2.05, 4.69) is 26.9 Å². The first-order valence-corrected chi connectivity index (χ1v) is 10.00. The van der Waals surface area contributed by atoms with Gasteiger partial charge in [0, 0.05) is 30.7 Å². The molecule has 6 rings (SSSR count). The van der Waals surface area contributed by atoms with Crippen molar-refractivity contribution >= 4 is 33.9 Å². The quantitative estimate of drug-likeness (QED) is 0.428. The average molecular weight is 402 g/mol. The first-order chi connectivity index (χ1) is 14.5. The summed E-state index contributed by atoms with van der Waals surface area (Å²) in [6, 6.07) is 7.02. The van der Waals surface area contributed by atoms with Gasteiger partial charge in [0.05, 0.1) is 16.7 Å². The Kier molecular flexibility index (Phi) is 3.45. The van der Waals surface area contributed by atoms with Crippen LogP contribution in [-0.2, 0) is 13.6 Å². The molecule has 5 aromatic rings. The fraction of sp³-hybridized carbons (Fsp3) is 0.273. The molecule has 1 aromatic carbocycles. The van der Waals surface area contributed by atoms with Gasteiger partial charge in [0.2, 0.25) is 0 Å². The molecule has 30 heavy (non-hydrogen) atoms. The summed E-state index contributed by atoms with van der Waals surface area (Å²) in [6.45, 7) is 2.79. The highest BCUT2D eigenvalue weighted by atomic mass is 19.1. The Labute approximate surface area is 170 Å². The Hall–Kier alpha value is -3.55. The minimum absolute atomic E-state index is 0.281. The van der Waals surface area contributed by atoms with Gasteiger partial charge >= 0.3 is 0 Å². The third-order valence-corrected chi connectivity index (χ3v) is 6.06.